The minimum Gasteiger partial charge on any atom is -0.390 e. The molecule has 0 radical (unpaired) electrons. The van der Waals surface area contributed by atoms with Crippen LogP contribution in [-0.2, 0) is 6.42 Å². The van der Waals surface area contributed by atoms with Crippen LogP contribution < -0.4 is 0 Å². The van der Waals surface area contributed by atoms with Gasteiger partial charge in [-0.1, -0.05) is 30.5 Å². The van der Waals surface area contributed by atoms with Crippen molar-refractivity contribution in [3.05, 3.63) is 34.6 Å². The zero-order valence-electron chi connectivity index (χ0n) is 11.8. The SMILES string of the molecule is OC1(Cc2ccc(F)c(Cl)c2)CCC2(CCCC2)CC1. The molecule has 2 fully saturated rings. The number of halogens is 2. The van der Waals surface area contributed by atoms with Gasteiger partial charge in [0.2, 0.25) is 0 Å². The number of rotatable bonds is 2. The van der Waals surface area contributed by atoms with Gasteiger partial charge in [-0.2, -0.15) is 0 Å². The Bertz CT molecular complexity index is 484. The molecular formula is C17H22ClFO. The van der Waals surface area contributed by atoms with E-state index < -0.39 is 11.4 Å². The van der Waals surface area contributed by atoms with E-state index in [-0.39, 0.29) is 5.02 Å². The Morgan fingerprint density at radius 3 is 2.30 bits per heavy atom. The molecule has 0 heterocycles. The Hall–Kier alpha value is -0.600. The predicted molar refractivity (Wildman–Crippen MR) is 79.4 cm³/mol. The van der Waals surface area contributed by atoms with E-state index in [1.807, 2.05) is 0 Å². The maximum Gasteiger partial charge on any atom is 0.141 e. The summed E-state index contributed by atoms with van der Waals surface area (Å²) in [6, 6.07) is 4.77. The van der Waals surface area contributed by atoms with Crippen molar-refractivity contribution in [1.82, 2.24) is 0 Å². The van der Waals surface area contributed by atoms with Crippen LogP contribution in [0.2, 0.25) is 5.02 Å². The zero-order chi connectivity index (χ0) is 14.2. The summed E-state index contributed by atoms with van der Waals surface area (Å²) in [5.41, 5.74) is 0.822. The molecule has 0 atom stereocenters. The highest BCUT2D eigenvalue weighted by Gasteiger charge is 2.42. The molecule has 0 aliphatic heterocycles. The van der Waals surface area contributed by atoms with Crippen molar-refractivity contribution in [3.63, 3.8) is 0 Å². The molecule has 3 rings (SSSR count). The number of hydrogen-bond acceptors (Lipinski definition) is 1. The van der Waals surface area contributed by atoms with Crippen molar-refractivity contribution in [2.24, 2.45) is 5.41 Å². The lowest BCUT2D eigenvalue weighted by molar-refractivity contribution is -0.0322. The predicted octanol–water partition coefficient (Wildman–Crippen LogP) is 4.89. The first kappa shape index (κ1) is 14.3. The molecule has 0 aromatic heterocycles. The lowest BCUT2D eigenvalue weighted by Crippen LogP contribution is -2.39. The van der Waals surface area contributed by atoms with Crippen molar-refractivity contribution in [2.45, 2.75) is 63.4 Å². The standard InChI is InChI=1S/C17H22ClFO/c18-14-11-13(3-4-15(14)19)12-17(20)9-7-16(8-10-17)5-1-2-6-16/h3-4,11,20H,1-2,5-10,12H2. The number of hydrogen-bond donors (Lipinski definition) is 1. The normalized spacial score (nSPS) is 24.1. The average molecular weight is 297 g/mol. The molecule has 0 saturated heterocycles. The molecule has 0 unspecified atom stereocenters. The van der Waals surface area contributed by atoms with E-state index in [2.05, 4.69) is 0 Å². The van der Waals surface area contributed by atoms with E-state index in [1.54, 1.807) is 12.1 Å². The molecule has 1 N–H and O–H groups in total. The van der Waals surface area contributed by atoms with Gasteiger partial charge >= 0.3 is 0 Å². The van der Waals surface area contributed by atoms with E-state index in [0.29, 0.717) is 11.8 Å². The molecule has 0 bridgehead atoms. The van der Waals surface area contributed by atoms with Gasteiger partial charge in [-0.15, -0.1) is 0 Å². The number of benzene rings is 1. The van der Waals surface area contributed by atoms with Gasteiger partial charge in [0.05, 0.1) is 10.6 Å². The highest BCUT2D eigenvalue weighted by Crippen LogP contribution is 2.51. The molecule has 1 spiro atoms. The maximum atomic E-state index is 13.2. The second kappa shape index (κ2) is 5.31. The van der Waals surface area contributed by atoms with Crippen molar-refractivity contribution in [3.8, 4) is 0 Å². The van der Waals surface area contributed by atoms with Crippen LogP contribution >= 0.6 is 11.6 Å². The highest BCUT2D eigenvalue weighted by molar-refractivity contribution is 6.30. The Morgan fingerprint density at radius 2 is 1.70 bits per heavy atom. The van der Waals surface area contributed by atoms with Gasteiger partial charge < -0.3 is 5.11 Å². The fourth-order valence-corrected chi connectivity index (χ4v) is 4.28. The minimum absolute atomic E-state index is 0.147. The molecule has 0 amide bonds. The Kier molecular flexibility index (Phi) is 3.81. The molecule has 2 aliphatic rings. The third kappa shape index (κ3) is 2.87. The van der Waals surface area contributed by atoms with E-state index in [1.165, 1.54) is 31.7 Å². The van der Waals surface area contributed by atoms with Crippen LogP contribution in [0.15, 0.2) is 18.2 Å². The summed E-state index contributed by atoms with van der Waals surface area (Å²) in [6.07, 6.45) is 9.97. The maximum absolute atomic E-state index is 13.2. The fourth-order valence-electron chi connectivity index (χ4n) is 4.08. The Labute approximate surface area is 125 Å². The molecule has 2 saturated carbocycles. The second-order valence-corrected chi connectivity index (χ2v) is 7.26. The van der Waals surface area contributed by atoms with Crippen molar-refractivity contribution < 1.29 is 9.50 Å². The van der Waals surface area contributed by atoms with Crippen molar-refractivity contribution in [1.29, 1.82) is 0 Å². The Morgan fingerprint density at radius 1 is 1.05 bits per heavy atom. The van der Waals surface area contributed by atoms with Gasteiger partial charge in [-0.05, 0) is 61.6 Å². The first-order valence-electron chi connectivity index (χ1n) is 7.67. The molecule has 1 aromatic carbocycles. The van der Waals surface area contributed by atoms with Gasteiger partial charge in [0, 0.05) is 6.42 Å². The first-order chi connectivity index (χ1) is 9.50. The lowest BCUT2D eigenvalue weighted by atomic mass is 9.66. The zero-order valence-corrected chi connectivity index (χ0v) is 12.6. The second-order valence-electron chi connectivity index (χ2n) is 6.86. The first-order valence-corrected chi connectivity index (χ1v) is 8.05. The van der Waals surface area contributed by atoms with Crippen molar-refractivity contribution in [2.75, 3.05) is 0 Å². The highest BCUT2D eigenvalue weighted by atomic mass is 35.5. The molecule has 1 nitrogen and oxygen atoms in total. The summed E-state index contributed by atoms with van der Waals surface area (Å²) in [6.45, 7) is 0. The third-order valence-electron chi connectivity index (χ3n) is 5.42. The van der Waals surface area contributed by atoms with E-state index in [9.17, 15) is 9.50 Å². The summed E-state index contributed by atoms with van der Waals surface area (Å²) in [7, 11) is 0. The Balaban J connectivity index is 1.66. The third-order valence-corrected chi connectivity index (χ3v) is 5.71. The topological polar surface area (TPSA) is 20.2 Å². The van der Waals surface area contributed by atoms with Crippen molar-refractivity contribution >= 4 is 11.6 Å². The smallest absolute Gasteiger partial charge is 0.141 e. The number of aliphatic hydroxyl groups is 1. The van der Waals surface area contributed by atoms with Crippen LogP contribution in [0.4, 0.5) is 4.39 Å². The molecular weight excluding hydrogens is 275 g/mol. The van der Waals surface area contributed by atoms with E-state index >= 15 is 0 Å². The quantitative estimate of drug-likeness (QED) is 0.824. The van der Waals surface area contributed by atoms with Crippen LogP contribution in [0.5, 0.6) is 0 Å². The summed E-state index contributed by atoms with van der Waals surface area (Å²) < 4.78 is 13.2. The molecule has 110 valence electrons. The van der Waals surface area contributed by atoms with Gasteiger partial charge in [-0.3, -0.25) is 0 Å². The van der Waals surface area contributed by atoms with Gasteiger partial charge in [-0.25, -0.2) is 4.39 Å². The fraction of sp³-hybridized carbons (Fsp3) is 0.647. The van der Waals surface area contributed by atoms with Gasteiger partial charge in [0.1, 0.15) is 5.82 Å². The van der Waals surface area contributed by atoms with Crippen LogP contribution in [0.25, 0.3) is 0 Å². The summed E-state index contributed by atoms with van der Waals surface area (Å²) in [4.78, 5) is 0. The molecule has 3 heteroatoms. The minimum atomic E-state index is -0.630. The van der Waals surface area contributed by atoms with Crippen LogP contribution in [0.1, 0.15) is 56.9 Å². The van der Waals surface area contributed by atoms with E-state index in [0.717, 1.165) is 31.2 Å². The van der Waals surface area contributed by atoms with Crippen LogP contribution in [0, 0.1) is 11.2 Å². The summed E-state index contributed by atoms with van der Waals surface area (Å²) >= 11 is 5.82. The molecule has 1 aromatic rings. The average Bonchev–Trinajstić information content (AvgIpc) is 2.87. The monoisotopic (exact) mass is 296 g/mol. The summed E-state index contributed by atoms with van der Waals surface area (Å²) in [5, 5.41) is 10.9. The molecule has 20 heavy (non-hydrogen) atoms. The molecule has 2 aliphatic carbocycles. The van der Waals surface area contributed by atoms with Crippen LogP contribution in [0.3, 0.4) is 0 Å². The van der Waals surface area contributed by atoms with E-state index in [4.69, 9.17) is 11.6 Å². The van der Waals surface area contributed by atoms with Gasteiger partial charge in [0.25, 0.3) is 0 Å². The lowest BCUT2D eigenvalue weighted by Gasteiger charge is -2.42. The largest absolute Gasteiger partial charge is 0.390 e. The van der Waals surface area contributed by atoms with Gasteiger partial charge in [0.15, 0.2) is 0 Å². The van der Waals surface area contributed by atoms with Crippen LogP contribution in [-0.4, -0.2) is 10.7 Å². The summed E-state index contributed by atoms with van der Waals surface area (Å²) in [5.74, 6) is -0.393.